The Hall–Kier alpha value is -1.31. The zero-order chi connectivity index (χ0) is 8.10. The number of hydrogen-bond donors (Lipinski definition) is 1. The van der Waals surface area contributed by atoms with Crippen molar-refractivity contribution in [1.82, 2.24) is 5.32 Å². The van der Waals surface area contributed by atoms with Gasteiger partial charge in [0.1, 0.15) is 0 Å². The molecule has 0 fully saturated rings. The fourth-order valence-electron chi connectivity index (χ4n) is 0.716. The minimum Gasteiger partial charge on any atom is -0.352 e. The molecular weight excluding hydrogens is 138 g/mol. The summed E-state index contributed by atoms with van der Waals surface area (Å²) in [4.78, 5) is 10.5. The second-order valence-electron chi connectivity index (χ2n) is 2.25. The van der Waals surface area contributed by atoms with E-state index in [1.54, 1.807) is 12.1 Å². The highest BCUT2D eigenvalue weighted by molar-refractivity contribution is 5.72. The molecule has 1 aromatic rings. The molecule has 0 spiro atoms. The quantitative estimate of drug-likeness (QED) is 0.662. The molecule has 2 nitrogen and oxygen atoms in total. The number of carbonyl (C=O) groups is 1. The van der Waals surface area contributed by atoms with Crippen LogP contribution in [0.4, 0.5) is 0 Å². The Morgan fingerprint density at radius 2 is 2.45 bits per heavy atom. The molecule has 56 valence electrons. The summed E-state index contributed by atoms with van der Waals surface area (Å²) in [6.45, 7) is 2.07. The molecule has 0 saturated carbocycles. The minimum atomic E-state index is -0.0159. The van der Waals surface area contributed by atoms with Crippen molar-refractivity contribution in [2.45, 2.75) is 13.5 Å². The first-order valence-electron chi connectivity index (χ1n) is 3.40. The average molecular weight is 147 g/mol. The molecule has 1 N–H and O–H groups in total. The van der Waals surface area contributed by atoms with E-state index in [0.717, 1.165) is 5.56 Å². The van der Waals surface area contributed by atoms with Gasteiger partial charge in [-0.05, 0) is 23.8 Å². The summed E-state index contributed by atoms with van der Waals surface area (Å²) in [5, 5.41) is 2.69. The lowest BCUT2D eigenvalue weighted by Crippen LogP contribution is -2.18. The number of benzene rings is 1. The van der Waals surface area contributed by atoms with Gasteiger partial charge in [0, 0.05) is 13.5 Å². The van der Waals surface area contributed by atoms with E-state index >= 15 is 0 Å². The van der Waals surface area contributed by atoms with Crippen molar-refractivity contribution in [2.24, 2.45) is 0 Å². The van der Waals surface area contributed by atoms with Crippen molar-refractivity contribution < 1.29 is 4.79 Å². The number of hydrogen-bond acceptors (Lipinski definition) is 1. The van der Waals surface area contributed by atoms with Crippen LogP contribution in [0.25, 0.3) is 0 Å². The van der Waals surface area contributed by atoms with Crippen LogP contribution < -0.4 is 5.32 Å². The molecule has 2 heteroatoms. The summed E-state index contributed by atoms with van der Waals surface area (Å²) in [7, 11) is 0. The normalized spacial score (nSPS) is 9.18. The Morgan fingerprint density at radius 1 is 1.64 bits per heavy atom. The topological polar surface area (TPSA) is 29.1 Å². The Kier molecular flexibility index (Phi) is 2.66. The molecular formula is C9H9NO. The maximum atomic E-state index is 10.5. The number of carbonyl (C=O) groups excluding carboxylic acids is 1. The fraction of sp³-hybridized carbons (Fsp3) is 0.222. The third-order valence-corrected chi connectivity index (χ3v) is 1.26. The molecule has 0 unspecified atom stereocenters. The SMILES string of the molecule is CC(=O)NCc1c[c][c]cc1. The standard InChI is InChI=1S/C9H9NO/c1-8(11)10-7-9-5-3-2-4-6-9/h3,5-6H,7H2,1H3,(H,10,11). The van der Waals surface area contributed by atoms with Gasteiger partial charge in [-0.15, -0.1) is 0 Å². The van der Waals surface area contributed by atoms with Gasteiger partial charge in [0.2, 0.25) is 5.91 Å². The Morgan fingerprint density at radius 3 is 3.00 bits per heavy atom. The lowest BCUT2D eigenvalue weighted by atomic mass is 10.2. The van der Waals surface area contributed by atoms with Crippen molar-refractivity contribution in [1.29, 1.82) is 0 Å². The highest BCUT2D eigenvalue weighted by Gasteiger charge is 1.91. The number of amides is 1. The van der Waals surface area contributed by atoms with Crippen LogP contribution in [-0.2, 0) is 11.3 Å². The molecule has 0 aliphatic heterocycles. The summed E-state index contributed by atoms with van der Waals surface area (Å²) < 4.78 is 0. The zero-order valence-corrected chi connectivity index (χ0v) is 6.35. The number of nitrogens with one attached hydrogen (secondary N) is 1. The predicted octanol–water partition coefficient (Wildman–Crippen LogP) is 0.923. The molecule has 1 aromatic carbocycles. The van der Waals surface area contributed by atoms with Gasteiger partial charge in [-0.1, -0.05) is 12.1 Å². The molecule has 0 saturated heterocycles. The lowest BCUT2D eigenvalue weighted by molar-refractivity contribution is -0.119. The van der Waals surface area contributed by atoms with E-state index in [0.29, 0.717) is 6.54 Å². The van der Waals surface area contributed by atoms with Gasteiger partial charge in [0.05, 0.1) is 0 Å². The second-order valence-corrected chi connectivity index (χ2v) is 2.25. The molecule has 1 rings (SSSR count). The molecule has 0 aliphatic rings. The molecule has 0 aromatic heterocycles. The van der Waals surface area contributed by atoms with Crippen molar-refractivity contribution >= 4 is 5.91 Å². The van der Waals surface area contributed by atoms with Crippen LogP contribution in [0.5, 0.6) is 0 Å². The molecule has 0 atom stereocenters. The first kappa shape index (κ1) is 7.79. The van der Waals surface area contributed by atoms with E-state index in [2.05, 4.69) is 17.4 Å². The predicted molar refractivity (Wildman–Crippen MR) is 41.6 cm³/mol. The third-order valence-electron chi connectivity index (χ3n) is 1.26. The minimum absolute atomic E-state index is 0.0159. The highest BCUT2D eigenvalue weighted by Crippen LogP contribution is 1.95. The van der Waals surface area contributed by atoms with Crippen molar-refractivity contribution in [2.75, 3.05) is 0 Å². The van der Waals surface area contributed by atoms with Gasteiger partial charge in [0.25, 0.3) is 0 Å². The van der Waals surface area contributed by atoms with E-state index in [-0.39, 0.29) is 5.91 Å². The maximum absolute atomic E-state index is 10.5. The van der Waals surface area contributed by atoms with E-state index in [1.165, 1.54) is 6.92 Å². The molecule has 1 amide bonds. The second kappa shape index (κ2) is 3.76. The Labute approximate surface area is 66.2 Å². The molecule has 2 radical (unpaired) electrons. The first-order chi connectivity index (χ1) is 5.29. The molecule has 0 bridgehead atoms. The Balaban J connectivity index is 2.45. The molecule has 0 aliphatic carbocycles. The lowest BCUT2D eigenvalue weighted by Gasteiger charge is -1.99. The van der Waals surface area contributed by atoms with Crippen LogP contribution in [0.3, 0.4) is 0 Å². The van der Waals surface area contributed by atoms with Gasteiger partial charge in [-0.2, -0.15) is 0 Å². The van der Waals surface area contributed by atoms with Gasteiger partial charge in [-0.3, -0.25) is 4.79 Å². The van der Waals surface area contributed by atoms with Crippen LogP contribution in [0, 0.1) is 12.1 Å². The van der Waals surface area contributed by atoms with E-state index in [9.17, 15) is 4.79 Å². The van der Waals surface area contributed by atoms with E-state index < -0.39 is 0 Å². The largest absolute Gasteiger partial charge is 0.352 e. The Bertz CT molecular complexity index is 231. The summed E-state index contributed by atoms with van der Waals surface area (Å²) in [6.07, 6.45) is 0. The van der Waals surface area contributed by atoms with Crippen molar-refractivity contribution in [3.05, 3.63) is 35.9 Å². The van der Waals surface area contributed by atoms with Gasteiger partial charge >= 0.3 is 0 Å². The average Bonchev–Trinajstić information content (AvgIpc) is 2.03. The maximum Gasteiger partial charge on any atom is 0.217 e. The van der Waals surface area contributed by atoms with E-state index in [1.807, 2.05) is 6.07 Å². The molecule has 11 heavy (non-hydrogen) atoms. The monoisotopic (exact) mass is 147 g/mol. The summed E-state index contributed by atoms with van der Waals surface area (Å²) in [5.74, 6) is -0.0159. The molecule has 0 heterocycles. The van der Waals surface area contributed by atoms with Gasteiger partial charge in [-0.25, -0.2) is 0 Å². The highest BCUT2D eigenvalue weighted by atomic mass is 16.1. The van der Waals surface area contributed by atoms with Crippen LogP contribution in [-0.4, -0.2) is 5.91 Å². The van der Waals surface area contributed by atoms with Crippen LogP contribution >= 0.6 is 0 Å². The zero-order valence-electron chi connectivity index (χ0n) is 6.35. The number of rotatable bonds is 2. The van der Waals surface area contributed by atoms with Crippen molar-refractivity contribution in [3.8, 4) is 0 Å². The summed E-state index contributed by atoms with van der Waals surface area (Å²) >= 11 is 0. The van der Waals surface area contributed by atoms with Gasteiger partial charge in [0.15, 0.2) is 0 Å². The summed E-state index contributed by atoms with van der Waals surface area (Å²) in [6, 6.07) is 11.1. The summed E-state index contributed by atoms with van der Waals surface area (Å²) in [5.41, 5.74) is 1.04. The smallest absolute Gasteiger partial charge is 0.217 e. The third kappa shape index (κ3) is 2.85. The van der Waals surface area contributed by atoms with Crippen LogP contribution in [0.15, 0.2) is 18.2 Å². The van der Waals surface area contributed by atoms with Crippen LogP contribution in [0.2, 0.25) is 0 Å². The van der Waals surface area contributed by atoms with Crippen molar-refractivity contribution in [3.63, 3.8) is 0 Å². The fourth-order valence-corrected chi connectivity index (χ4v) is 0.716. The van der Waals surface area contributed by atoms with E-state index in [4.69, 9.17) is 0 Å². The van der Waals surface area contributed by atoms with Gasteiger partial charge < -0.3 is 5.32 Å². The first-order valence-corrected chi connectivity index (χ1v) is 3.40. The van der Waals surface area contributed by atoms with Crippen LogP contribution in [0.1, 0.15) is 12.5 Å².